The van der Waals surface area contributed by atoms with Crippen LogP contribution >= 0.6 is 0 Å². The van der Waals surface area contributed by atoms with Gasteiger partial charge in [0.05, 0.1) is 0 Å². The molecule has 3 amide bonds. The van der Waals surface area contributed by atoms with Gasteiger partial charge in [-0.2, -0.15) is 0 Å². The van der Waals surface area contributed by atoms with Crippen molar-refractivity contribution in [2.45, 2.75) is 70.1 Å². The number of piperidine rings is 1. The van der Waals surface area contributed by atoms with E-state index in [9.17, 15) is 14.4 Å². The molecular formula is C23H30N4O3. The summed E-state index contributed by atoms with van der Waals surface area (Å²) in [5.41, 5.74) is 3.08. The molecule has 3 N–H and O–H groups in total. The largest absolute Gasteiger partial charge is 0.322 e. The van der Waals surface area contributed by atoms with Gasteiger partial charge in [-0.15, -0.1) is 0 Å². The molecule has 3 heterocycles. The summed E-state index contributed by atoms with van der Waals surface area (Å²) >= 11 is 0. The number of nitrogens with one attached hydrogen (secondary N) is 3. The first-order valence-electron chi connectivity index (χ1n) is 11.3. The molecule has 2 saturated heterocycles. The third kappa shape index (κ3) is 3.34. The van der Waals surface area contributed by atoms with Gasteiger partial charge >= 0.3 is 0 Å². The minimum atomic E-state index is -0.561. The van der Waals surface area contributed by atoms with E-state index in [1.807, 2.05) is 18.2 Å². The fourth-order valence-electron chi connectivity index (χ4n) is 5.97. The number of hydrogen-bond acceptors (Lipinski definition) is 5. The molecule has 30 heavy (non-hydrogen) atoms. The third-order valence-electron chi connectivity index (χ3n) is 7.61. The van der Waals surface area contributed by atoms with E-state index < -0.39 is 6.04 Å². The molecule has 0 bridgehead atoms. The van der Waals surface area contributed by atoms with E-state index in [2.05, 4.69) is 16.0 Å². The van der Waals surface area contributed by atoms with Gasteiger partial charge in [-0.3, -0.25) is 19.7 Å². The Labute approximate surface area is 177 Å². The number of fused-ring (bicyclic) bond motifs is 1. The van der Waals surface area contributed by atoms with Crippen molar-refractivity contribution in [3.63, 3.8) is 0 Å². The van der Waals surface area contributed by atoms with Gasteiger partial charge in [0.25, 0.3) is 5.91 Å². The van der Waals surface area contributed by atoms with Crippen LogP contribution in [0.1, 0.15) is 66.4 Å². The predicted octanol–water partition coefficient (Wildman–Crippen LogP) is 1.46. The van der Waals surface area contributed by atoms with E-state index in [0.717, 1.165) is 29.8 Å². The molecule has 160 valence electrons. The number of nitrogens with zero attached hydrogens (tertiary/aromatic N) is 1. The highest BCUT2D eigenvalue weighted by Gasteiger charge is 2.43. The minimum Gasteiger partial charge on any atom is -0.322 e. The highest BCUT2D eigenvalue weighted by molar-refractivity contribution is 6.05. The number of hydrogen-bond donors (Lipinski definition) is 3. The first-order valence-corrected chi connectivity index (χ1v) is 11.3. The van der Waals surface area contributed by atoms with E-state index >= 15 is 0 Å². The molecule has 3 atom stereocenters. The number of benzene rings is 1. The zero-order valence-electron chi connectivity index (χ0n) is 17.3. The molecule has 4 aliphatic rings. The molecule has 1 spiro atoms. The monoisotopic (exact) mass is 410 g/mol. The topological polar surface area (TPSA) is 90.5 Å². The molecule has 7 heteroatoms. The van der Waals surface area contributed by atoms with Crippen LogP contribution in [0.3, 0.4) is 0 Å². The van der Waals surface area contributed by atoms with Crippen LogP contribution in [0.2, 0.25) is 0 Å². The Morgan fingerprint density at radius 2 is 2.03 bits per heavy atom. The van der Waals surface area contributed by atoms with E-state index in [1.165, 1.54) is 32.1 Å². The van der Waals surface area contributed by atoms with Gasteiger partial charge in [-0.25, -0.2) is 0 Å². The number of amides is 3. The summed E-state index contributed by atoms with van der Waals surface area (Å²) in [6.07, 6.45) is 6.92. The number of carbonyl (C=O) groups excluding carboxylic acids is 3. The lowest BCUT2D eigenvalue weighted by Gasteiger charge is -2.41. The number of carbonyl (C=O) groups is 3. The summed E-state index contributed by atoms with van der Waals surface area (Å²) in [5, 5.41) is 9.72. The van der Waals surface area contributed by atoms with Crippen molar-refractivity contribution in [1.29, 1.82) is 0 Å². The van der Waals surface area contributed by atoms with Gasteiger partial charge < -0.3 is 15.5 Å². The maximum Gasteiger partial charge on any atom is 0.255 e. The molecule has 3 fully saturated rings. The Hall–Kier alpha value is -2.25. The van der Waals surface area contributed by atoms with E-state index in [4.69, 9.17) is 0 Å². The van der Waals surface area contributed by atoms with E-state index in [0.29, 0.717) is 31.0 Å². The normalized spacial score (nSPS) is 31.3. The Kier molecular flexibility index (Phi) is 5.11. The fourth-order valence-corrected chi connectivity index (χ4v) is 5.97. The molecule has 1 aromatic carbocycles. The van der Waals surface area contributed by atoms with Crippen LogP contribution in [-0.2, 0) is 22.7 Å². The Morgan fingerprint density at radius 3 is 2.83 bits per heavy atom. The van der Waals surface area contributed by atoms with Crippen molar-refractivity contribution in [2.75, 3.05) is 13.1 Å². The molecule has 0 aromatic heterocycles. The lowest BCUT2D eigenvalue weighted by Crippen LogP contribution is -2.52. The molecule has 1 saturated carbocycles. The molecule has 0 radical (unpaired) electrons. The highest BCUT2D eigenvalue weighted by Crippen LogP contribution is 2.41. The molecular weight excluding hydrogens is 380 g/mol. The Balaban J connectivity index is 1.32. The molecule has 1 aliphatic carbocycles. The smallest absolute Gasteiger partial charge is 0.255 e. The second kappa shape index (κ2) is 7.78. The van der Waals surface area contributed by atoms with Gasteiger partial charge in [0.15, 0.2) is 0 Å². The summed E-state index contributed by atoms with van der Waals surface area (Å²) in [4.78, 5) is 38.7. The second-order valence-corrected chi connectivity index (χ2v) is 9.32. The maximum atomic E-state index is 13.3. The van der Waals surface area contributed by atoms with Gasteiger partial charge in [-0.1, -0.05) is 31.0 Å². The maximum absolute atomic E-state index is 13.3. The van der Waals surface area contributed by atoms with Gasteiger partial charge in [-0.05, 0) is 48.8 Å². The molecule has 1 aromatic rings. The Morgan fingerprint density at radius 1 is 1.13 bits per heavy atom. The van der Waals surface area contributed by atoms with Crippen molar-refractivity contribution in [3.8, 4) is 0 Å². The average Bonchev–Trinajstić information content (AvgIpc) is 3.33. The summed E-state index contributed by atoms with van der Waals surface area (Å²) in [6, 6.07) is 5.92. The van der Waals surface area contributed by atoms with Crippen LogP contribution in [0.25, 0.3) is 0 Å². The summed E-state index contributed by atoms with van der Waals surface area (Å²) in [5.74, 6) is -0.698. The summed E-state index contributed by atoms with van der Waals surface area (Å²) < 4.78 is 0. The molecule has 7 nitrogen and oxygen atoms in total. The van der Waals surface area contributed by atoms with Crippen LogP contribution in [0.4, 0.5) is 0 Å². The van der Waals surface area contributed by atoms with Crippen molar-refractivity contribution >= 4 is 17.7 Å². The van der Waals surface area contributed by atoms with Gasteiger partial charge in [0, 0.05) is 37.7 Å². The lowest BCUT2D eigenvalue weighted by atomic mass is 9.69. The Bertz CT molecular complexity index is 877. The van der Waals surface area contributed by atoms with Crippen LogP contribution in [-0.4, -0.2) is 47.8 Å². The summed E-state index contributed by atoms with van der Waals surface area (Å²) in [6.45, 7) is 3.29. The van der Waals surface area contributed by atoms with Crippen LogP contribution < -0.4 is 16.0 Å². The van der Waals surface area contributed by atoms with Crippen molar-refractivity contribution in [2.24, 2.45) is 5.41 Å². The average molecular weight is 411 g/mol. The zero-order chi connectivity index (χ0) is 20.7. The van der Waals surface area contributed by atoms with Crippen LogP contribution in [0, 0.1) is 5.41 Å². The quantitative estimate of drug-likeness (QED) is 0.654. The predicted molar refractivity (Wildman–Crippen MR) is 112 cm³/mol. The van der Waals surface area contributed by atoms with Crippen molar-refractivity contribution in [3.05, 3.63) is 34.9 Å². The molecule has 5 rings (SSSR count). The third-order valence-corrected chi connectivity index (χ3v) is 7.61. The first kappa shape index (κ1) is 19.7. The zero-order valence-corrected chi connectivity index (χ0v) is 17.3. The number of imide groups is 1. The minimum absolute atomic E-state index is 0.0854. The van der Waals surface area contributed by atoms with Crippen LogP contribution in [0.5, 0.6) is 0 Å². The van der Waals surface area contributed by atoms with Crippen molar-refractivity contribution < 1.29 is 14.4 Å². The van der Waals surface area contributed by atoms with E-state index in [1.54, 1.807) is 4.90 Å². The van der Waals surface area contributed by atoms with Gasteiger partial charge in [0.2, 0.25) is 11.8 Å². The fraction of sp³-hybridized carbons (Fsp3) is 0.609. The highest BCUT2D eigenvalue weighted by atomic mass is 16.2. The van der Waals surface area contributed by atoms with Gasteiger partial charge in [0.1, 0.15) is 6.04 Å². The molecule has 3 aliphatic heterocycles. The van der Waals surface area contributed by atoms with Crippen LogP contribution in [0.15, 0.2) is 18.2 Å². The SMILES string of the molecule is O=C1CCC(N2Cc3cccc(CNC4CCCCC45CCNC5)c3C2=O)C(=O)N1. The number of rotatable bonds is 4. The molecule has 3 unspecified atom stereocenters. The first-order chi connectivity index (χ1) is 14.6. The van der Waals surface area contributed by atoms with Crippen molar-refractivity contribution in [1.82, 2.24) is 20.9 Å². The summed E-state index contributed by atoms with van der Waals surface area (Å²) in [7, 11) is 0. The standard InChI is InChI=1S/C23H30N4O3/c28-19-8-7-17(21(29)26-19)27-13-16-5-3-4-15(20(16)22(27)30)12-25-18-6-1-2-9-23(18)10-11-24-14-23/h3-5,17-18,24-25H,1-2,6-14H2,(H,26,28,29). The lowest BCUT2D eigenvalue weighted by molar-refractivity contribution is -0.136. The van der Waals surface area contributed by atoms with E-state index in [-0.39, 0.29) is 24.1 Å². The second-order valence-electron chi connectivity index (χ2n) is 9.32.